The maximum Gasteiger partial charge on any atom is 0.337 e. The molecule has 2 unspecified atom stereocenters. The number of esters is 1. The molecule has 2 aliphatic heterocycles. The van der Waals surface area contributed by atoms with Gasteiger partial charge in [-0.05, 0) is 65.8 Å². The molecule has 10 heteroatoms. The van der Waals surface area contributed by atoms with E-state index in [9.17, 15) is 14.4 Å². The van der Waals surface area contributed by atoms with Crippen molar-refractivity contribution < 1.29 is 28.2 Å². The number of hydrogen-bond acceptors (Lipinski definition) is 6. The van der Waals surface area contributed by atoms with E-state index in [1.165, 1.54) is 26.4 Å². The second kappa shape index (κ2) is 11.4. The van der Waals surface area contributed by atoms with E-state index in [4.69, 9.17) is 9.47 Å². The van der Waals surface area contributed by atoms with Gasteiger partial charge >= 0.3 is 5.97 Å². The zero-order valence-electron chi connectivity index (χ0n) is 24.9. The van der Waals surface area contributed by atoms with Crippen molar-refractivity contribution in [2.24, 2.45) is 5.41 Å². The van der Waals surface area contributed by atoms with Crippen molar-refractivity contribution in [2.45, 2.75) is 57.5 Å². The molecule has 2 aliphatic rings. The van der Waals surface area contributed by atoms with Crippen LogP contribution in [-0.4, -0.2) is 44.1 Å². The van der Waals surface area contributed by atoms with Gasteiger partial charge in [-0.25, -0.2) is 9.18 Å². The predicted molar refractivity (Wildman–Crippen MR) is 166 cm³/mol. The maximum absolute atomic E-state index is 16.1. The van der Waals surface area contributed by atoms with E-state index in [2.05, 4.69) is 52.7 Å². The van der Waals surface area contributed by atoms with Crippen molar-refractivity contribution in [3.05, 3.63) is 87.1 Å². The normalized spacial score (nSPS) is 22.7. The largest absolute Gasteiger partial charge is 0.495 e. The summed E-state index contributed by atoms with van der Waals surface area (Å²) in [5.74, 6) is -2.41. The average Bonchev–Trinajstić information content (AvgIpc) is 3.43. The first-order chi connectivity index (χ1) is 20.3. The smallest absolute Gasteiger partial charge is 0.337 e. The molecule has 43 heavy (non-hydrogen) atoms. The highest BCUT2D eigenvalue weighted by molar-refractivity contribution is 9.10. The van der Waals surface area contributed by atoms with Crippen LogP contribution in [0, 0.1) is 18.2 Å². The number of methoxy groups -OCH3 is 2. The van der Waals surface area contributed by atoms with Gasteiger partial charge in [-0.15, -0.1) is 0 Å². The number of carbonyl (C=O) groups excluding carboxylic acids is 3. The summed E-state index contributed by atoms with van der Waals surface area (Å²) in [7, 11) is 2.71. The van der Waals surface area contributed by atoms with Crippen LogP contribution < -0.4 is 20.7 Å². The minimum Gasteiger partial charge on any atom is -0.495 e. The SMILES string of the molecule is COC(=O)c1ccc(NC(=O)[C@@H]2NC(CC(C)(C)C)[C@@]3(C(=O)Nc4cc(Br)ccc43)C2c2cccc(C)c2F)c(OC)c1. The van der Waals surface area contributed by atoms with E-state index in [0.29, 0.717) is 28.9 Å². The fourth-order valence-corrected chi connectivity index (χ4v) is 6.91. The first-order valence-corrected chi connectivity index (χ1v) is 14.8. The van der Waals surface area contributed by atoms with Crippen LogP contribution in [0.1, 0.15) is 60.2 Å². The third-order valence-electron chi connectivity index (χ3n) is 8.34. The summed E-state index contributed by atoms with van der Waals surface area (Å²) in [6.07, 6.45) is 0.529. The molecule has 1 spiro atoms. The molecule has 5 rings (SSSR count). The van der Waals surface area contributed by atoms with Crippen LogP contribution in [0.4, 0.5) is 15.8 Å². The number of nitrogens with one attached hydrogen (secondary N) is 3. The average molecular weight is 653 g/mol. The molecule has 1 saturated heterocycles. The van der Waals surface area contributed by atoms with E-state index >= 15 is 4.39 Å². The van der Waals surface area contributed by atoms with Crippen molar-refractivity contribution in [1.82, 2.24) is 5.32 Å². The van der Waals surface area contributed by atoms with Crippen LogP contribution in [0.3, 0.4) is 0 Å². The zero-order valence-corrected chi connectivity index (χ0v) is 26.5. The highest BCUT2D eigenvalue weighted by Gasteiger charge is 2.66. The number of halogens is 2. The molecule has 3 N–H and O–H groups in total. The number of ether oxygens (including phenoxy) is 2. The van der Waals surface area contributed by atoms with Gasteiger partial charge in [0, 0.05) is 22.1 Å². The Morgan fingerprint density at radius 3 is 2.51 bits per heavy atom. The quantitative estimate of drug-likeness (QED) is 0.279. The summed E-state index contributed by atoms with van der Waals surface area (Å²) in [6, 6.07) is 13.7. The molecule has 0 aromatic heterocycles. The summed E-state index contributed by atoms with van der Waals surface area (Å²) in [6.45, 7) is 7.88. The van der Waals surface area contributed by atoms with Crippen LogP contribution >= 0.6 is 15.9 Å². The minimum atomic E-state index is -1.29. The topological polar surface area (TPSA) is 106 Å². The van der Waals surface area contributed by atoms with Gasteiger partial charge < -0.3 is 25.4 Å². The highest BCUT2D eigenvalue weighted by Crippen LogP contribution is 2.57. The zero-order chi connectivity index (χ0) is 31.3. The third-order valence-corrected chi connectivity index (χ3v) is 8.83. The fourth-order valence-electron chi connectivity index (χ4n) is 6.55. The number of aryl methyl sites for hydroxylation is 1. The number of amides is 2. The summed E-state index contributed by atoms with van der Waals surface area (Å²) < 4.78 is 27.2. The van der Waals surface area contributed by atoms with E-state index in [-0.39, 0.29) is 28.2 Å². The number of rotatable bonds is 6. The Morgan fingerprint density at radius 2 is 1.84 bits per heavy atom. The van der Waals surface area contributed by atoms with Crippen LogP contribution in [-0.2, 0) is 19.7 Å². The van der Waals surface area contributed by atoms with Gasteiger partial charge in [0.15, 0.2) is 0 Å². The molecule has 1 fully saturated rings. The second-order valence-corrected chi connectivity index (χ2v) is 13.2. The lowest BCUT2D eigenvalue weighted by molar-refractivity contribution is -0.122. The fraction of sp³-hybridized carbons (Fsp3) is 0.364. The molecule has 2 heterocycles. The minimum absolute atomic E-state index is 0.239. The molecule has 226 valence electrons. The lowest BCUT2D eigenvalue weighted by Crippen LogP contribution is -2.49. The Bertz CT molecular complexity index is 1620. The summed E-state index contributed by atoms with van der Waals surface area (Å²) in [4.78, 5) is 40.7. The molecule has 3 aromatic carbocycles. The van der Waals surface area contributed by atoms with E-state index in [1.807, 2.05) is 18.2 Å². The molecule has 3 aromatic rings. The van der Waals surface area contributed by atoms with E-state index in [1.54, 1.807) is 31.2 Å². The molecule has 0 radical (unpaired) electrons. The van der Waals surface area contributed by atoms with Crippen molar-refractivity contribution in [3.8, 4) is 5.75 Å². The molecule has 0 bridgehead atoms. The second-order valence-electron chi connectivity index (χ2n) is 12.3. The lowest BCUT2D eigenvalue weighted by Gasteiger charge is -2.37. The molecule has 2 amide bonds. The Kier molecular flexibility index (Phi) is 8.13. The number of benzene rings is 3. The predicted octanol–water partition coefficient (Wildman–Crippen LogP) is 6.08. The number of anilines is 2. The molecular weight excluding hydrogens is 617 g/mol. The van der Waals surface area contributed by atoms with Crippen LogP contribution in [0.15, 0.2) is 59.1 Å². The van der Waals surface area contributed by atoms with Crippen LogP contribution in [0.2, 0.25) is 0 Å². The summed E-state index contributed by atoms with van der Waals surface area (Å²) in [5, 5.41) is 9.45. The monoisotopic (exact) mass is 651 g/mol. The van der Waals surface area contributed by atoms with Gasteiger partial charge in [-0.3, -0.25) is 9.59 Å². The number of fused-ring (bicyclic) bond motifs is 2. The van der Waals surface area contributed by atoms with Gasteiger partial charge in [0.25, 0.3) is 0 Å². The summed E-state index contributed by atoms with van der Waals surface area (Å²) >= 11 is 3.50. The molecule has 4 atom stereocenters. The third kappa shape index (κ3) is 5.31. The number of hydrogen-bond donors (Lipinski definition) is 3. The molecule has 8 nitrogen and oxygen atoms in total. The van der Waals surface area contributed by atoms with E-state index < -0.39 is 41.1 Å². The van der Waals surface area contributed by atoms with Gasteiger partial charge in [0.05, 0.1) is 31.5 Å². The standard InChI is InChI=1S/C33H35BrFN3O5/c1-17-8-7-9-20(27(17)35)26-28(29(39)36-22-13-10-18(30(40)43-6)14-24(22)42-5)38-25(16-32(2,3)4)33(26)21-12-11-19(34)15-23(21)37-31(33)41/h7-15,25-26,28,38H,16H2,1-6H3,(H,36,39)(H,37,41)/t25?,26?,28-,33-/m1/s1. The van der Waals surface area contributed by atoms with Crippen molar-refractivity contribution in [1.29, 1.82) is 0 Å². The molecular formula is C33H35BrFN3O5. The Labute approximate surface area is 258 Å². The Morgan fingerprint density at radius 1 is 1.09 bits per heavy atom. The van der Waals surface area contributed by atoms with Crippen molar-refractivity contribution in [3.63, 3.8) is 0 Å². The Balaban J connectivity index is 1.68. The lowest BCUT2D eigenvalue weighted by atomic mass is 9.62. The van der Waals surface area contributed by atoms with Gasteiger partial charge in [-0.2, -0.15) is 0 Å². The number of carbonyl (C=O) groups is 3. The molecule has 0 aliphatic carbocycles. The van der Waals surface area contributed by atoms with Gasteiger partial charge in [-0.1, -0.05) is 61.0 Å². The van der Waals surface area contributed by atoms with Crippen LogP contribution in [0.25, 0.3) is 0 Å². The van der Waals surface area contributed by atoms with Crippen molar-refractivity contribution in [2.75, 3.05) is 24.9 Å². The first kappa shape index (κ1) is 30.7. The van der Waals surface area contributed by atoms with Crippen molar-refractivity contribution >= 4 is 45.1 Å². The first-order valence-electron chi connectivity index (χ1n) is 14.0. The molecule has 0 saturated carbocycles. The Hall–Kier alpha value is -3.76. The van der Waals surface area contributed by atoms with E-state index in [0.717, 1.165) is 4.47 Å². The van der Waals surface area contributed by atoms with Crippen LogP contribution in [0.5, 0.6) is 5.75 Å². The van der Waals surface area contributed by atoms with Gasteiger partial charge in [0.2, 0.25) is 11.8 Å². The summed E-state index contributed by atoms with van der Waals surface area (Å²) in [5.41, 5.74) is 1.08. The highest BCUT2D eigenvalue weighted by atomic mass is 79.9. The van der Waals surface area contributed by atoms with Gasteiger partial charge in [0.1, 0.15) is 17.0 Å². The maximum atomic E-state index is 16.1.